The second-order valence-corrected chi connectivity index (χ2v) is 12.3. The number of hydrogen-bond donors (Lipinski definition) is 3. The molecule has 1 amide bonds. The van der Waals surface area contributed by atoms with E-state index in [1.807, 2.05) is 6.08 Å². The fourth-order valence-corrected chi connectivity index (χ4v) is 5.47. The van der Waals surface area contributed by atoms with Crippen molar-refractivity contribution in [2.75, 3.05) is 6.61 Å². The Bertz CT molecular complexity index is 536. The minimum Gasteiger partial charge on any atom is -0.394 e. The van der Waals surface area contributed by atoms with Crippen LogP contribution in [0.1, 0.15) is 194 Å². The van der Waals surface area contributed by atoms with E-state index >= 15 is 0 Å². The molecule has 0 aliphatic carbocycles. The molecule has 0 spiro atoms. The van der Waals surface area contributed by atoms with Crippen molar-refractivity contribution in [1.82, 2.24) is 5.32 Å². The van der Waals surface area contributed by atoms with Gasteiger partial charge in [-0.3, -0.25) is 4.79 Å². The molecule has 4 nitrogen and oxygen atoms in total. The van der Waals surface area contributed by atoms with Gasteiger partial charge in [-0.1, -0.05) is 180 Å². The minimum absolute atomic E-state index is 0.0635. The first-order valence-corrected chi connectivity index (χ1v) is 17.9. The number of hydrogen-bond acceptors (Lipinski definition) is 3. The van der Waals surface area contributed by atoms with Crippen LogP contribution in [0.3, 0.4) is 0 Å². The Kier molecular flexibility index (Phi) is 31.9. The molecule has 0 radical (unpaired) electrons. The molecule has 0 saturated carbocycles. The Morgan fingerprint density at radius 1 is 0.575 bits per heavy atom. The highest BCUT2D eigenvalue weighted by atomic mass is 16.3. The van der Waals surface area contributed by atoms with E-state index < -0.39 is 12.1 Å². The summed E-state index contributed by atoms with van der Waals surface area (Å²) in [6.45, 7) is 4.30. The van der Waals surface area contributed by atoms with Crippen LogP contribution in [0.2, 0.25) is 0 Å². The molecule has 0 aliphatic rings. The van der Waals surface area contributed by atoms with E-state index in [0.717, 1.165) is 25.7 Å². The van der Waals surface area contributed by atoms with Crippen molar-refractivity contribution in [3.63, 3.8) is 0 Å². The molecule has 0 aromatic heterocycles. The van der Waals surface area contributed by atoms with Gasteiger partial charge in [0, 0.05) is 6.42 Å². The summed E-state index contributed by atoms with van der Waals surface area (Å²) in [5, 5.41) is 22.9. The van der Waals surface area contributed by atoms with Gasteiger partial charge in [-0.25, -0.2) is 0 Å². The lowest BCUT2D eigenvalue weighted by molar-refractivity contribution is -0.123. The Hall–Kier alpha value is -0.870. The number of amides is 1. The summed E-state index contributed by atoms with van der Waals surface area (Å²) in [6, 6.07) is -0.614. The summed E-state index contributed by atoms with van der Waals surface area (Å²) in [5.41, 5.74) is 0. The molecule has 0 bridgehead atoms. The van der Waals surface area contributed by atoms with E-state index in [1.54, 1.807) is 6.08 Å². The minimum atomic E-state index is -0.831. The maximum Gasteiger partial charge on any atom is 0.220 e. The van der Waals surface area contributed by atoms with Crippen molar-refractivity contribution < 1.29 is 15.0 Å². The quantitative estimate of drug-likeness (QED) is 0.0561. The zero-order chi connectivity index (χ0) is 29.4. The number of rotatable bonds is 32. The van der Waals surface area contributed by atoms with Gasteiger partial charge < -0.3 is 15.5 Å². The second-order valence-electron chi connectivity index (χ2n) is 12.3. The van der Waals surface area contributed by atoms with Gasteiger partial charge in [-0.15, -0.1) is 0 Å². The zero-order valence-electron chi connectivity index (χ0n) is 27.1. The van der Waals surface area contributed by atoms with Gasteiger partial charge in [0.2, 0.25) is 5.91 Å². The first-order valence-electron chi connectivity index (χ1n) is 17.9. The van der Waals surface area contributed by atoms with Crippen LogP contribution in [-0.2, 0) is 4.79 Å². The molecule has 0 heterocycles. The van der Waals surface area contributed by atoms with Crippen molar-refractivity contribution in [2.45, 2.75) is 206 Å². The van der Waals surface area contributed by atoms with Gasteiger partial charge in [-0.2, -0.15) is 0 Å². The Labute approximate surface area is 250 Å². The van der Waals surface area contributed by atoms with Crippen LogP contribution >= 0.6 is 0 Å². The van der Waals surface area contributed by atoms with E-state index in [9.17, 15) is 15.0 Å². The van der Waals surface area contributed by atoms with Gasteiger partial charge >= 0.3 is 0 Å². The fourth-order valence-electron chi connectivity index (χ4n) is 5.47. The van der Waals surface area contributed by atoms with Gasteiger partial charge in [0.05, 0.1) is 18.8 Å². The summed E-state index contributed by atoms with van der Waals surface area (Å²) < 4.78 is 0. The third-order valence-electron chi connectivity index (χ3n) is 8.27. The predicted molar refractivity (Wildman–Crippen MR) is 175 cm³/mol. The molecule has 2 unspecified atom stereocenters. The van der Waals surface area contributed by atoms with Crippen molar-refractivity contribution in [3.05, 3.63) is 12.2 Å². The molecular weight excluding hydrogens is 494 g/mol. The number of carbonyl (C=O) groups is 1. The summed E-state index contributed by atoms with van der Waals surface area (Å²) >= 11 is 0. The lowest BCUT2D eigenvalue weighted by atomic mass is 10.0. The number of nitrogens with one attached hydrogen (secondary N) is 1. The SMILES string of the molecule is CCCCCCCCCCCCCC/C=C/C(O)C(CO)NC(=O)CCCCCCCCCCCCCCCC. The molecule has 0 saturated heterocycles. The molecule has 0 fully saturated rings. The van der Waals surface area contributed by atoms with E-state index in [1.165, 1.54) is 148 Å². The third-order valence-corrected chi connectivity index (χ3v) is 8.27. The Morgan fingerprint density at radius 2 is 0.925 bits per heavy atom. The lowest BCUT2D eigenvalue weighted by Crippen LogP contribution is -2.45. The van der Waals surface area contributed by atoms with E-state index in [2.05, 4.69) is 19.2 Å². The average Bonchev–Trinajstić information content (AvgIpc) is 2.96. The fraction of sp³-hybridized carbons (Fsp3) is 0.917. The number of unbranched alkanes of at least 4 members (excludes halogenated alkanes) is 25. The summed E-state index contributed by atoms with van der Waals surface area (Å²) in [5.74, 6) is -0.0635. The van der Waals surface area contributed by atoms with Gasteiger partial charge in [0.1, 0.15) is 0 Å². The van der Waals surface area contributed by atoms with Crippen molar-refractivity contribution >= 4 is 5.91 Å². The molecule has 0 aromatic carbocycles. The highest BCUT2D eigenvalue weighted by molar-refractivity contribution is 5.76. The predicted octanol–water partition coefficient (Wildman–Crippen LogP) is 10.3. The van der Waals surface area contributed by atoms with Crippen LogP contribution in [0, 0.1) is 0 Å². The van der Waals surface area contributed by atoms with E-state index in [0.29, 0.717) is 6.42 Å². The van der Waals surface area contributed by atoms with Crippen molar-refractivity contribution in [1.29, 1.82) is 0 Å². The van der Waals surface area contributed by atoms with Gasteiger partial charge in [0.15, 0.2) is 0 Å². The molecule has 0 rings (SSSR count). The normalized spacial score (nSPS) is 13.2. The lowest BCUT2D eigenvalue weighted by Gasteiger charge is -2.20. The van der Waals surface area contributed by atoms with Crippen LogP contribution in [0.15, 0.2) is 12.2 Å². The molecule has 4 heteroatoms. The molecule has 2 atom stereocenters. The Balaban J connectivity index is 3.61. The number of aliphatic hydroxyl groups is 2. The zero-order valence-corrected chi connectivity index (χ0v) is 27.1. The van der Waals surface area contributed by atoms with E-state index in [4.69, 9.17) is 0 Å². The summed E-state index contributed by atoms with van der Waals surface area (Å²) in [6.07, 6.45) is 38.6. The Morgan fingerprint density at radius 3 is 1.30 bits per heavy atom. The van der Waals surface area contributed by atoms with Crippen LogP contribution < -0.4 is 5.32 Å². The molecule has 0 aromatic rings. The van der Waals surface area contributed by atoms with Gasteiger partial charge in [-0.05, 0) is 19.3 Å². The topological polar surface area (TPSA) is 69.6 Å². The maximum atomic E-state index is 12.3. The molecular formula is C36H71NO3. The number of allylic oxidation sites excluding steroid dienone is 1. The molecule has 238 valence electrons. The smallest absolute Gasteiger partial charge is 0.220 e. The highest BCUT2D eigenvalue weighted by Gasteiger charge is 2.17. The van der Waals surface area contributed by atoms with Crippen molar-refractivity contribution in [2.24, 2.45) is 0 Å². The largest absolute Gasteiger partial charge is 0.394 e. The molecule has 3 N–H and O–H groups in total. The molecule has 0 aliphatic heterocycles. The first-order chi connectivity index (χ1) is 19.7. The average molecular weight is 566 g/mol. The molecule has 40 heavy (non-hydrogen) atoms. The highest BCUT2D eigenvalue weighted by Crippen LogP contribution is 2.14. The van der Waals surface area contributed by atoms with Crippen molar-refractivity contribution in [3.8, 4) is 0 Å². The third kappa shape index (κ3) is 28.7. The van der Waals surface area contributed by atoms with Gasteiger partial charge in [0.25, 0.3) is 0 Å². The maximum absolute atomic E-state index is 12.3. The first kappa shape index (κ1) is 39.1. The van der Waals surface area contributed by atoms with Crippen LogP contribution in [0.25, 0.3) is 0 Å². The monoisotopic (exact) mass is 566 g/mol. The van der Waals surface area contributed by atoms with Crippen LogP contribution in [-0.4, -0.2) is 34.9 Å². The second kappa shape index (κ2) is 32.6. The summed E-state index contributed by atoms with van der Waals surface area (Å²) in [7, 11) is 0. The van der Waals surface area contributed by atoms with E-state index in [-0.39, 0.29) is 12.5 Å². The van der Waals surface area contributed by atoms with Crippen LogP contribution in [0.4, 0.5) is 0 Å². The number of aliphatic hydroxyl groups excluding tert-OH is 2. The van der Waals surface area contributed by atoms with Crippen LogP contribution in [0.5, 0.6) is 0 Å². The number of carbonyl (C=O) groups excluding carboxylic acids is 1. The standard InChI is InChI=1S/C36H71NO3/c1-3-5-7-9-11-13-15-17-19-21-23-25-27-29-31-35(39)34(33-38)37-36(40)32-30-28-26-24-22-20-18-16-14-12-10-8-6-4-2/h29,31,34-35,38-39H,3-28,30,32-33H2,1-2H3,(H,37,40)/b31-29+. The summed E-state index contributed by atoms with van der Waals surface area (Å²) in [4.78, 5) is 12.3.